The summed E-state index contributed by atoms with van der Waals surface area (Å²) in [5.74, 6) is -10.8. The number of hydrogen-bond acceptors (Lipinski definition) is 7. The number of H-pyrrole nitrogens is 1. The SMILES string of the molecule is O[C@@H]1CO[C@H]2[C@@H]1OC[C@H]2Oc1nc2nc(OCc3c(F)c(F)c(F)c(F)c3F)c(Cl)cc2[nH]1. The molecule has 2 aliphatic heterocycles. The van der Waals surface area contributed by atoms with Crippen LogP contribution in [-0.4, -0.2) is 57.7 Å². The fraction of sp³-hybridized carbons (Fsp3) is 0.368. The third-order valence-electron chi connectivity index (χ3n) is 5.27. The molecule has 2 N–H and O–H groups in total. The fourth-order valence-corrected chi connectivity index (χ4v) is 3.85. The molecule has 4 atom stereocenters. The van der Waals surface area contributed by atoms with Gasteiger partial charge in [0.2, 0.25) is 11.7 Å². The van der Waals surface area contributed by atoms with Gasteiger partial charge in [-0.15, -0.1) is 0 Å². The second-order valence-corrected chi connectivity index (χ2v) is 7.75. The topological polar surface area (TPSA) is 98.7 Å². The summed E-state index contributed by atoms with van der Waals surface area (Å²) < 4.78 is 89.4. The summed E-state index contributed by atoms with van der Waals surface area (Å²) >= 11 is 6.07. The second kappa shape index (κ2) is 8.24. The van der Waals surface area contributed by atoms with E-state index >= 15 is 0 Å². The van der Waals surface area contributed by atoms with E-state index in [1.54, 1.807) is 0 Å². The van der Waals surface area contributed by atoms with Crippen LogP contribution in [0.5, 0.6) is 11.9 Å². The Balaban J connectivity index is 1.35. The van der Waals surface area contributed by atoms with Gasteiger partial charge in [0.25, 0.3) is 6.01 Å². The monoisotopic (exact) mass is 493 g/mol. The van der Waals surface area contributed by atoms with Crippen LogP contribution in [0.25, 0.3) is 11.2 Å². The molecule has 2 fully saturated rings. The normalized spacial score (nSPS) is 24.5. The highest BCUT2D eigenvalue weighted by atomic mass is 35.5. The Morgan fingerprint density at radius 1 is 1.00 bits per heavy atom. The summed E-state index contributed by atoms with van der Waals surface area (Å²) in [6.45, 7) is -0.746. The number of hydrogen-bond donors (Lipinski definition) is 2. The predicted octanol–water partition coefficient (Wildman–Crippen LogP) is 2.79. The van der Waals surface area contributed by atoms with E-state index in [-0.39, 0.29) is 35.8 Å². The molecule has 14 heteroatoms. The molecule has 0 aliphatic carbocycles. The lowest BCUT2D eigenvalue weighted by Gasteiger charge is -2.15. The highest BCUT2D eigenvalue weighted by Gasteiger charge is 2.48. The molecular weight excluding hydrogens is 481 g/mol. The van der Waals surface area contributed by atoms with Crippen LogP contribution in [0.2, 0.25) is 5.02 Å². The molecular formula is C19H13ClF5N3O5. The zero-order valence-corrected chi connectivity index (χ0v) is 17.0. The summed E-state index contributed by atoms with van der Waals surface area (Å²) in [4.78, 5) is 10.9. The minimum absolute atomic E-state index is 0.0322. The van der Waals surface area contributed by atoms with E-state index in [1.807, 2.05) is 0 Å². The van der Waals surface area contributed by atoms with Crippen molar-refractivity contribution in [2.75, 3.05) is 13.2 Å². The van der Waals surface area contributed by atoms with Crippen LogP contribution in [0.4, 0.5) is 22.0 Å². The van der Waals surface area contributed by atoms with E-state index in [0.717, 1.165) is 0 Å². The number of imidazole rings is 1. The van der Waals surface area contributed by atoms with Gasteiger partial charge in [-0.25, -0.2) is 22.0 Å². The molecule has 2 saturated heterocycles. The van der Waals surface area contributed by atoms with Crippen LogP contribution >= 0.6 is 11.6 Å². The first-order valence-corrected chi connectivity index (χ1v) is 9.89. The van der Waals surface area contributed by atoms with Crippen LogP contribution < -0.4 is 9.47 Å². The number of aromatic nitrogens is 3. The summed E-state index contributed by atoms with van der Waals surface area (Å²) in [7, 11) is 0. The van der Waals surface area contributed by atoms with Crippen molar-refractivity contribution < 1.29 is 46.0 Å². The molecule has 0 amide bonds. The van der Waals surface area contributed by atoms with Gasteiger partial charge in [-0.1, -0.05) is 11.6 Å². The van der Waals surface area contributed by atoms with Crippen LogP contribution in [0.1, 0.15) is 5.56 Å². The van der Waals surface area contributed by atoms with Crippen molar-refractivity contribution in [1.82, 2.24) is 15.0 Å². The van der Waals surface area contributed by atoms with Crippen molar-refractivity contribution in [3.05, 3.63) is 45.7 Å². The Morgan fingerprint density at radius 2 is 1.67 bits per heavy atom. The third kappa shape index (κ3) is 3.74. The number of halogens is 6. The van der Waals surface area contributed by atoms with Gasteiger partial charge in [0, 0.05) is 0 Å². The van der Waals surface area contributed by atoms with Gasteiger partial charge in [-0.05, 0) is 6.07 Å². The smallest absolute Gasteiger partial charge is 0.296 e. The highest BCUT2D eigenvalue weighted by molar-refractivity contribution is 6.32. The van der Waals surface area contributed by atoms with Crippen molar-refractivity contribution in [2.45, 2.75) is 31.0 Å². The first-order chi connectivity index (χ1) is 15.7. The number of nitrogens with zero attached hydrogens (tertiary/aromatic N) is 2. The van der Waals surface area contributed by atoms with Crippen molar-refractivity contribution in [2.24, 2.45) is 0 Å². The molecule has 33 heavy (non-hydrogen) atoms. The van der Waals surface area contributed by atoms with Gasteiger partial charge in [0.05, 0.1) is 24.3 Å². The molecule has 0 bridgehead atoms. The van der Waals surface area contributed by atoms with E-state index in [0.29, 0.717) is 5.52 Å². The number of aliphatic hydroxyl groups is 1. The Labute approximate surface area is 186 Å². The Kier molecular flexibility index (Phi) is 5.51. The molecule has 0 spiro atoms. The predicted molar refractivity (Wildman–Crippen MR) is 99.4 cm³/mol. The lowest BCUT2D eigenvalue weighted by molar-refractivity contribution is 0.00706. The van der Waals surface area contributed by atoms with Crippen LogP contribution in [-0.2, 0) is 16.1 Å². The zero-order valence-electron chi connectivity index (χ0n) is 16.3. The Bertz CT molecular complexity index is 1220. The van der Waals surface area contributed by atoms with Crippen LogP contribution in [0, 0.1) is 29.1 Å². The number of benzene rings is 1. The molecule has 4 heterocycles. The lowest BCUT2D eigenvalue weighted by atomic mass is 10.1. The molecule has 5 rings (SSSR count). The number of fused-ring (bicyclic) bond motifs is 2. The fourth-order valence-electron chi connectivity index (χ4n) is 3.64. The standard InChI is InChI=1S/C19H13ClF5N3O5/c20-6-1-7-17(28-19(26-7)33-9-4-31-15-8(29)3-30-16(9)15)27-18(6)32-2-5-10(21)12(23)14(25)13(24)11(5)22/h1,8-9,15-16,29H,2-4H2,(H,26,27,28)/t8-,9-,15-,16-/m1/s1. The van der Waals surface area contributed by atoms with E-state index in [2.05, 4.69) is 15.0 Å². The Morgan fingerprint density at radius 3 is 2.39 bits per heavy atom. The van der Waals surface area contributed by atoms with Crippen molar-refractivity contribution in [3.63, 3.8) is 0 Å². The van der Waals surface area contributed by atoms with Crippen molar-refractivity contribution >= 4 is 22.8 Å². The number of nitrogens with one attached hydrogen (secondary N) is 1. The maximum atomic E-state index is 13.8. The van der Waals surface area contributed by atoms with Gasteiger partial charge in [-0.3, -0.25) is 0 Å². The minimum atomic E-state index is -2.27. The molecule has 2 aromatic heterocycles. The van der Waals surface area contributed by atoms with E-state index in [9.17, 15) is 27.1 Å². The van der Waals surface area contributed by atoms with Gasteiger partial charge in [-0.2, -0.15) is 9.97 Å². The summed E-state index contributed by atoms with van der Waals surface area (Å²) in [5, 5.41) is 9.68. The molecule has 0 unspecified atom stereocenters. The lowest BCUT2D eigenvalue weighted by Crippen LogP contribution is -2.34. The Hall–Kier alpha value is -2.74. The third-order valence-corrected chi connectivity index (χ3v) is 5.54. The molecule has 0 saturated carbocycles. The quantitative estimate of drug-likeness (QED) is 0.320. The largest absolute Gasteiger partial charge is 0.471 e. The zero-order chi connectivity index (χ0) is 23.4. The van der Waals surface area contributed by atoms with Gasteiger partial charge in [0.15, 0.2) is 35.0 Å². The highest BCUT2D eigenvalue weighted by Crippen LogP contribution is 2.32. The number of ether oxygens (including phenoxy) is 4. The molecule has 0 radical (unpaired) electrons. The van der Waals surface area contributed by atoms with E-state index in [4.69, 9.17) is 30.5 Å². The number of aliphatic hydroxyl groups excluding tert-OH is 1. The van der Waals surface area contributed by atoms with Crippen LogP contribution in [0.15, 0.2) is 6.07 Å². The summed E-state index contributed by atoms with van der Waals surface area (Å²) in [5.41, 5.74) is -0.809. The van der Waals surface area contributed by atoms with Gasteiger partial charge < -0.3 is 29.0 Å². The molecule has 8 nitrogen and oxygen atoms in total. The average Bonchev–Trinajstić information content (AvgIpc) is 3.48. The molecule has 2 aliphatic rings. The van der Waals surface area contributed by atoms with Crippen molar-refractivity contribution in [3.8, 4) is 11.9 Å². The van der Waals surface area contributed by atoms with E-state index < -0.39 is 65.7 Å². The number of rotatable bonds is 5. The van der Waals surface area contributed by atoms with Crippen LogP contribution in [0.3, 0.4) is 0 Å². The van der Waals surface area contributed by atoms with Gasteiger partial charge >= 0.3 is 0 Å². The van der Waals surface area contributed by atoms with E-state index in [1.165, 1.54) is 6.07 Å². The van der Waals surface area contributed by atoms with Gasteiger partial charge in [0.1, 0.15) is 29.9 Å². The number of pyridine rings is 1. The maximum Gasteiger partial charge on any atom is 0.296 e. The van der Waals surface area contributed by atoms with Crippen molar-refractivity contribution in [1.29, 1.82) is 0 Å². The molecule has 1 aromatic carbocycles. The first kappa shape index (κ1) is 22.1. The summed E-state index contributed by atoms with van der Waals surface area (Å²) in [6.07, 6.45) is -2.29. The number of aromatic amines is 1. The summed E-state index contributed by atoms with van der Waals surface area (Å²) in [6, 6.07) is 1.37. The minimum Gasteiger partial charge on any atom is -0.471 e. The molecule has 176 valence electrons. The first-order valence-electron chi connectivity index (χ1n) is 9.52. The maximum absolute atomic E-state index is 13.8. The average molecular weight is 494 g/mol. The second-order valence-electron chi connectivity index (χ2n) is 7.35. The molecule has 3 aromatic rings.